The molecule has 2 N–H and O–H groups in total. The highest BCUT2D eigenvalue weighted by Gasteiger charge is 2.28. The second kappa shape index (κ2) is 5.13. The normalized spacial score (nSPS) is 20.0. The molecule has 1 aliphatic rings. The molecular weight excluding hydrogens is 286 g/mol. The monoisotopic (exact) mass is 297 g/mol. The maximum atomic E-state index is 6.26. The van der Waals surface area contributed by atoms with Crippen molar-refractivity contribution in [1.29, 1.82) is 0 Å². The lowest BCUT2D eigenvalue weighted by molar-refractivity contribution is 0.187. The first-order valence-electron chi connectivity index (χ1n) is 5.62. The van der Waals surface area contributed by atoms with E-state index in [1.54, 1.807) is 23.1 Å². The second-order valence-electron chi connectivity index (χ2n) is 4.07. The third-order valence-corrected chi connectivity index (χ3v) is 5.48. The van der Waals surface area contributed by atoms with E-state index >= 15 is 0 Å². The van der Waals surface area contributed by atoms with E-state index in [2.05, 4.69) is 6.07 Å². The third kappa shape index (κ3) is 2.26. The lowest BCUT2D eigenvalue weighted by Crippen LogP contribution is -2.35. The molecule has 0 saturated heterocycles. The fourth-order valence-electron chi connectivity index (χ4n) is 1.92. The Bertz CT molecular complexity index is 557. The van der Waals surface area contributed by atoms with Crippen LogP contribution < -0.4 is 10.5 Å². The van der Waals surface area contributed by atoms with Gasteiger partial charge in [-0.3, -0.25) is 0 Å². The quantitative estimate of drug-likeness (QED) is 0.911. The Hall–Kier alpha value is -0.680. The zero-order valence-corrected chi connectivity index (χ0v) is 11.9. The van der Waals surface area contributed by atoms with Crippen LogP contribution in [0.5, 0.6) is 5.75 Å². The molecule has 0 amide bonds. The molecule has 94 valence electrons. The molecule has 0 spiro atoms. The number of nitrogens with two attached hydrogens (primary N) is 1. The number of ether oxygens (including phenoxy) is 1. The molecule has 1 aliphatic heterocycles. The van der Waals surface area contributed by atoms with Crippen molar-refractivity contribution in [3.05, 3.63) is 45.6 Å². The topological polar surface area (TPSA) is 35.2 Å². The maximum Gasteiger partial charge on any atom is 0.133 e. The van der Waals surface area contributed by atoms with Crippen LogP contribution in [0.1, 0.15) is 10.9 Å². The summed E-state index contributed by atoms with van der Waals surface area (Å²) in [6, 6.07) is 9.76. The Morgan fingerprint density at radius 1 is 1.33 bits per heavy atom. The van der Waals surface area contributed by atoms with Crippen molar-refractivity contribution in [2.45, 2.75) is 17.0 Å². The van der Waals surface area contributed by atoms with Crippen LogP contribution in [-0.2, 0) is 0 Å². The number of benzene rings is 1. The number of hydrogen-bond acceptors (Lipinski definition) is 4. The van der Waals surface area contributed by atoms with Crippen molar-refractivity contribution in [2.24, 2.45) is 5.73 Å². The number of thiophene rings is 1. The van der Waals surface area contributed by atoms with E-state index in [0.29, 0.717) is 0 Å². The van der Waals surface area contributed by atoms with Gasteiger partial charge in [0.25, 0.3) is 0 Å². The summed E-state index contributed by atoms with van der Waals surface area (Å²) < 4.78 is 5.97. The van der Waals surface area contributed by atoms with Gasteiger partial charge in [-0.05, 0) is 23.6 Å². The number of halogens is 1. The maximum absolute atomic E-state index is 6.26. The molecule has 1 aromatic heterocycles. The van der Waals surface area contributed by atoms with Crippen LogP contribution in [0.25, 0.3) is 0 Å². The van der Waals surface area contributed by atoms with Gasteiger partial charge in [-0.25, -0.2) is 0 Å². The van der Waals surface area contributed by atoms with Crippen LogP contribution in [0.4, 0.5) is 0 Å². The summed E-state index contributed by atoms with van der Waals surface area (Å²) in [7, 11) is 0. The number of para-hydroxylation sites is 1. The Labute approximate surface area is 119 Å². The van der Waals surface area contributed by atoms with Crippen LogP contribution in [-0.4, -0.2) is 11.9 Å². The molecular formula is C13H12ClNOS2. The van der Waals surface area contributed by atoms with Crippen LogP contribution >= 0.6 is 34.7 Å². The van der Waals surface area contributed by atoms with Crippen molar-refractivity contribution in [2.75, 3.05) is 5.75 Å². The van der Waals surface area contributed by atoms with Crippen LogP contribution in [0.15, 0.2) is 40.6 Å². The predicted molar refractivity (Wildman–Crippen MR) is 77.8 cm³/mol. The first-order valence-corrected chi connectivity index (χ1v) is 7.87. The largest absolute Gasteiger partial charge is 0.486 e. The standard InChI is InChI=1S/C13H12ClNOS2/c14-8-5-6-17-13(8)12(15)10-7-18-11-4-2-1-3-9(11)16-10/h1-6,10,12H,7,15H2. The molecule has 0 bridgehead atoms. The average molecular weight is 298 g/mol. The minimum atomic E-state index is -0.168. The molecule has 0 fully saturated rings. The highest BCUT2D eigenvalue weighted by atomic mass is 35.5. The van der Waals surface area contributed by atoms with Gasteiger partial charge in [0.05, 0.1) is 11.1 Å². The van der Waals surface area contributed by atoms with Crippen LogP contribution in [0, 0.1) is 0 Å². The predicted octanol–water partition coefficient (Wildman–Crippen LogP) is 3.95. The van der Waals surface area contributed by atoms with Gasteiger partial charge in [0.15, 0.2) is 0 Å². The molecule has 2 nitrogen and oxygen atoms in total. The molecule has 0 radical (unpaired) electrons. The molecule has 0 aliphatic carbocycles. The second-order valence-corrected chi connectivity index (χ2v) is 6.49. The number of thioether (sulfide) groups is 1. The van der Waals surface area contributed by atoms with Crippen molar-refractivity contribution >= 4 is 34.7 Å². The van der Waals surface area contributed by atoms with Crippen LogP contribution in [0.3, 0.4) is 0 Å². The summed E-state index contributed by atoms with van der Waals surface area (Å²) in [6.45, 7) is 0. The smallest absolute Gasteiger partial charge is 0.133 e. The summed E-state index contributed by atoms with van der Waals surface area (Å²) in [5.74, 6) is 1.77. The first-order chi connectivity index (χ1) is 8.75. The van der Waals surface area contributed by atoms with E-state index in [-0.39, 0.29) is 12.1 Å². The van der Waals surface area contributed by atoms with Crippen molar-refractivity contribution in [3.63, 3.8) is 0 Å². The fourth-order valence-corrected chi connectivity index (χ4v) is 4.21. The van der Waals surface area contributed by atoms with E-state index in [1.165, 1.54) is 4.90 Å². The molecule has 1 aromatic carbocycles. The lowest BCUT2D eigenvalue weighted by Gasteiger charge is -2.29. The first kappa shape index (κ1) is 12.4. The highest BCUT2D eigenvalue weighted by Crippen LogP contribution is 2.39. The van der Waals surface area contributed by atoms with Crippen molar-refractivity contribution < 1.29 is 4.74 Å². The molecule has 2 aromatic rings. The van der Waals surface area contributed by atoms with Crippen LogP contribution in [0.2, 0.25) is 5.02 Å². The Kier molecular flexibility index (Phi) is 3.52. The Morgan fingerprint density at radius 2 is 2.17 bits per heavy atom. The Balaban J connectivity index is 1.82. The third-order valence-electron chi connectivity index (χ3n) is 2.88. The number of fused-ring (bicyclic) bond motifs is 1. The Morgan fingerprint density at radius 3 is 2.94 bits per heavy atom. The highest BCUT2D eigenvalue weighted by molar-refractivity contribution is 7.99. The molecule has 0 saturated carbocycles. The van der Waals surface area contributed by atoms with E-state index < -0.39 is 0 Å². The minimum absolute atomic E-state index is 0.0268. The molecule has 3 rings (SSSR count). The lowest BCUT2D eigenvalue weighted by atomic mass is 10.1. The summed E-state index contributed by atoms with van der Waals surface area (Å²) in [6.07, 6.45) is -0.0268. The van der Waals surface area contributed by atoms with E-state index in [1.807, 2.05) is 29.6 Å². The molecule has 2 atom stereocenters. The molecule has 2 unspecified atom stereocenters. The van der Waals surface area contributed by atoms with Gasteiger partial charge in [0.1, 0.15) is 11.9 Å². The average Bonchev–Trinajstić information content (AvgIpc) is 2.83. The van der Waals surface area contributed by atoms with Gasteiger partial charge in [0.2, 0.25) is 0 Å². The van der Waals surface area contributed by atoms with Gasteiger partial charge in [0, 0.05) is 15.5 Å². The zero-order valence-electron chi connectivity index (χ0n) is 9.51. The van der Waals surface area contributed by atoms with Gasteiger partial charge >= 0.3 is 0 Å². The van der Waals surface area contributed by atoms with E-state index in [4.69, 9.17) is 22.1 Å². The van der Waals surface area contributed by atoms with E-state index in [9.17, 15) is 0 Å². The number of hydrogen-bond donors (Lipinski definition) is 1. The SMILES string of the molecule is NC(c1sccc1Cl)C1CSc2ccccc2O1. The summed E-state index contributed by atoms with van der Waals surface area (Å²) in [5, 5.41) is 2.70. The molecule has 18 heavy (non-hydrogen) atoms. The molecule has 5 heteroatoms. The molecule has 2 heterocycles. The van der Waals surface area contributed by atoms with Gasteiger partial charge < -0.3 is 10.5 Å². The van der Waals surface area contributed by atoms with Gasteiger partial charge in [-0.15, -0.1) is 23.1 Å². The van der Waals surface area contributed by atoms with Gasteiger partial charge in [-0.1, -0.05) is 23.7 Å². The zero-order chi connectivity index (χ0) is 12.5. The fraction of sp³-hybridized carbons (Fsp3) is 0.231. The summed E-state index contributed by atoms with van der Waals surface area (Å²) >= 11 is 9.49. The van der Waals surface area contributed by atoms with Crippen molar-refractivity contribution in [1.82, 2.24) is 0 Å². The minimum Gasteiger partial charge on any atom is -0.486 e. The summed E-state index contributed by atoms with van der Waals surface area (Å²) in [5.41, 5.74) is 6.26. The van der Waals surface area contributed by atoms with Gasteiger partial charge in [-0.2, -0.15) is 0 Å². The van der Waals surface area contributed by atoms with E-state index in [0.717, 1.165) is 21.4 Å². The van der Waals surface area contributed by atoms with Crippen molar-refractivity contribution in [3.8, 4) is 5.75 Å². The number of rotatable bonds is 2. The summed E-state index contributed by atoms with van der Waals surface area (Å²) in [4.78, 5) is 2.18.